The fraction of sp³-hybridized carbons (Fsp3) is 0.944. The van der Waals surface area contributed by atoms with E-state index in [9.17, 15) is 10.4 Å². The molecule has 0 aliphatic heterocycles. The van der Waals surface area contributed by atoms with E-state index in [1.807, 2.05) is 0 Å². The molecule has 2 saturated carbocycles. The van der Waals surface area contributed by atoms with Crippen LogP contribution >= 0.6 is 0 Å². The van der Waals surface area contributed by atoms with Gasteiger partial charge in [0, 0.05) is 0 Å². The second-order valence-corrected chi connectivity index (χ2v) is 7.48. The molecule has 2 heteroatoms. The van der Waals surface area contributed by atoms with E-state index >= 15 is 0 Å². The van der Waals surface area contributed by atoms with E-state index in [0.717, 1.165) is 44.9 Å². The first-order chi connectivity index (χ1) is 9.56. The van der Waals surface area contributed by atoms with Gasteiger partial charge in [-0.25, -0.2) is 0 Å². The molecule has 0 radical (unpaired) electrons. The Kier molecular flexibility index (Phi) is 5.13. The summed E-state index contributed by atoms with van der Waals surface area (Å²) in [6.45, 7) is 4.43. The molecule has 2 aliphatic rings. The average molecular weight is 277 g/mol. The monoisotopic (exact) mass is 277 g/mol. The molecular formula is C18H31NO. The maximum absolute atomic E-state index is 11.6. The van der Waals surface area contributed by atoms with Gasteiger partial charge in [0.05, 0.1) is 17.1 Å². The van der Waals surface area contributed by atoms with Gasteiger partial charge in [0.1, 0.15) is 0 Å². The van der Waals surface area contributed by atoms with Crippen molar-refractivity contribution in [2.45, 2.75) is 90.1 Å². The fourth-order valence-corrected chi connectivity index (χ4v) is 4.81. The van der Waals surface area contributed by atoms with E-state index in [-0.39, 0.29) is 0 Å². The molecule has 2 aliphatic carbocycles. The first-order valence-electron chi connectivity index (χ1n) is 8.69. The van der Waals surface area contributed by atoms with Crippen LogP contribution in [0.2, 0.25) is 0 Å². The highest BCUT2D eigenvalue weighted by molar-refractivity contribution is 5.15. The lowest BCUT2D eigenvalue weighted by molar-refractivity contribution is -0.145. The summed E-state index contributed by atoms with van der Waals surface area (Å²) in [6, 6.07) is 2.63. The summed E-state index contributed by atoms with van der Waals surface area (Å²) in [5.74, 6) is 0.770. The molecule has 20 heavy (non-hydrogen) atoms. The molecular weight excluding hydrogens is 246 g/mol. The van der Waals surface area contributed by atoms with E-state index < -0.39 is 11.0 Å². The standard InChI is InChI=1S/C18H31NO/c1-15(2)16-10-6-9-13-18(16,20)17(14-19)11-7-4-3-5-8-12-17/h15-16,20H,3-13H2,1-2H3. The Morgan fingerprint density at radius 1 is 0.950 bits per heavy atom. The van der Waals surface area contributed by atoms with Crippen molar-refractivity contribution in [3.05, 3.63) is 0 Å². The highest BCUT2D eigenvalue weighted by Gasteiger charge is 2.55. The summed E-state index contributed by atoms with van der Waals surface area (Å²) in [7, 11) is 0. The summed E-state index contributed by atoms with van der Waals surface area (Å²) < 4.78 is 0. The Hall–Kier alpha value is -0.550. The van der Waals surface area contributed by atoms with Gasteiger partial charge >= 0.3 is 0 Å². The minimum absolute atomic E-state index is 0.301. The predicted octanol–water partition coefficient (Wildman–Crippen LogP) is 4.82. The molecule has 0 amide bonds. The van der Waals surface area contributed by atoms with Crippen molar-refractivity contribution in [1.29, 1.82) is 5.26 Å². The van der Waals surface area contributed by atoms with Gasteiger partial charge in [-0.05, 0) is 37.5 Å². The molecule has 0 spiro atoms. The molecule has 2 nitrogen and oxygen atoms in total. The molecule has 2 rings (SSSR count). The highest BCUT2D eigenvalue weighted by atomic mass is 16.3. The third kappa shape index (κ3) is 2.75. The third-order valence-corrected chi connectivity index (χ3v) is 5.99. The highest BCUT2D eigenvalue weighted by Crippen LogP contribution is 2.53. The van der Waals surface area contributed by atoms with Crippen LogP contribution in [0.25, 0.3) is 0 Å². The molecule has 0 heterocycles. The zero-order valence-corrected chi connectivity index (χ0v) is 13.3. The lowest BCUT2D eigenvalue weighted by Crippen LogP contribution is -2.56. The number of nitriles is 1. The molecule has 0 saturated heterocycles. The number of nitrogens with zero attached hydrogens (tertiary/aromatic N) is 1. The van der Waals surface area contributed by atoms with E-state index in [2.05, 4.69) is 19.9 Å². The summed E-state index contributed by atoms with van der Waals surface area (Å²) in [5.41, 5.74) is -1.23. The van der Waals surface area contributed by atoms with Crippen LogP contribution in [0.4, 0.5) is 0 Å². The van der Waals surface area contributed by atoms with Crippen molar-refractivity contribution < 1.29 is 5.11 Å². The Morgan fingerprint density at radius 3 is 2.05 bits per heavy atom. The second kappa shape index (κ2) is 6.48. The van der Waals surface area contributed by atoms with Gasteiger partial charge < -0.3 is 5.11 Å². The third-order valence-electron chi connectivity index (χ3n) is 5.99. The summed E-state index contributed by atoms with van der Waals surface area (Å²) in [6.07, 6.45) is 12.0. The van der Waals surface area contributed by atoms with Crippen LogP contribution in [0.15, 0.2) is 0 Å². The van der Waals surface area contributed by atoms with Crippen molar-refractivity contribution in [2.75, 3.05) is 0 Å². The average Bonchev–Trinajstić information content (AvgIpc) is 2.39. The van der Waals surface area contributed by atoms with Crippen LogP contribution in [0.5, 0.6) is 0 Å². The molecule has 114 valence electrons. The predicted molar refractivity (Wildman–Crippen MR) is 82.1 cm³/mol. The Labute approximate surface area is 124 Å². The van der Waals surface area contributed by atoms with E-state index in [4.69, 9.17) is 0 Å². The smallest absolute Gasteiger partial charge is 0.0863 e. The molecule has 0 aromatic heterocycles. The van der Waals surface area contributed by atoms with E-state index in [1.165, 1.54) is 25.7 Å². The molecule has 0 bridgehead atoms. The van der Waals surface area contributed by atoms with E-state index in [0.29, 0.717) is 11.8 Å². The Bertz CT molecular complexity index is 349. The van der Waals surface area contributed by atoms with Crippen LogP contribution in [-0.2, 0) is 0 Å². The minimum Gasteiger partial charge on any atom is -0.388 e. The minimum atomic E-state index is -0.745. The SMILES string of the molecule is CC(C)C1CCCCC1(O)C1(C#N)CCCCCCC1. The van der Waals surface area contributed by atoms with Gasteiger partial charge in [-0.3, -0.25) is 0 Å². The largest absolute Gasteiger partial charge is 0.388 e. The zero-order valence-electron chi connectivity index (χ0n) is 13.3. The van der Waals surface area contributed by atoms with Gasteiger partial charge in [-0.2, -0.15) is 5.26 Å². The summed E-state index contributed by atoms with van der Waals surface area (Å²) >= 11 is 0. The molecule has 1 N–H and O–H groups in total. The van der Waals surface area contributed by atoms with Gasteiger partial charge in [0.25, 0.3) is 0 Å². The fourth-order valence-electron chi connectivity index (χ4n) is 4.81. The first-order valence-corrected chi connectivity index (χ1v) is 8.69. The normalized spacial score (nSPS) is 35.0. The van der Waals surface area contributed by atoms with Gasteiger partial charge in [-0.15, -0.1) is 0 Å². The van der Waals surface area contributed by atoms with Crippen LogP contribution in [-0.4, -0.2) is 10.7 Å². The summed E-state index contributed by atoms with van der Waals surface area (Å²) in [5, 5.41) is 21.5. The van der Waals surface area contributed by atoms with Crippen molar-refractivity contribution in [3.63, 3.8) is 0 Å². The van der Waals surface area contributed by atoms with Crippen LogP contribution in [0, 0.1) is 28.6 Å². The maximum Gasteiger partial charge on any atom is 0.0863 e. The van der Waals surface area contributed by atoms with Gasteiger partial charge in [0.2, 0.25) is 0 Å². The zero-order chi connectivity index (χ0) is 14.6. The Morgan fingerprint density at radius 2 is 1.50 bits per heavy atom. The molecule has 2 unspecified atom stereocenters. The molecule has 2 atom stereocenters. The topological polar surface area (TPSA) is 44.0 Å². The lowest BCUT2D eigenvalue weighted by Gasteiger charge is -2.52. The van der Waals surface area contributed by atoms with Crippen molar-refractivity contribution in [2.24, 2.45) is 17.3 Å². The molecule has 2 fully saturated rings. The van der Waals surface area contributed by atoms with Crippen molar-refractivity contribution in [3.8, 4) is 6.07 Å². The van der Waals surface area contributed by atoms with E-state index in [1.54, 1.807) is 0 Å². The van der Waals surface area contributed by atoms with Crippen molar-refractivity contribution in [1.82, 2.24) is 0 Å². The van der Waals surface area contributed by atoms with Gasteiger partial charge in [-0.1, -0.05) is 58.8 Å². The lowest BCUT2D eigenvalue weighted by atomic mass is 9.55. The second-order valence-electron chi connectivity index (χ2n) is 7.48. The van der Waals surface area contributed by atoms with Crippen LogP contribution in [0.1, 0.15) is 84.5 Å². The number of aliphatic hydroxyl groups is 1. The Balaban J connectivity index is 2.32. The van der Waals surface area contributed by atoms with Crippen LogP contribution < -0.4 is 0 Å². The number of hydrogen-bond acceptors (Lipinski definition) is 2. The molecule has 0 aromatic rings. The number of rotatable bonds is 2. The quantitative estimate of drug-likeness (QED) is 0.786. The first kappa shape index (κ1) is 15.8. The van der Waals surface area contributed by atoms with Gasteiger partial charge in [0.15, 0.2) is 0 Å². The van der Waals surface area contributed by atoms with Crippen molar-refractivity contribution >= 4 is 0 Å². The van der Waals surface area contributed by atoms with Crippen LogP contribution in [0.3, 0.4) is 0 Å². The molecule has 0 aromatic carbocycles. The number of hydrogen-bond donors (Lipinski definition) is 1. The summed E-state index contributed by atoms with van der Waals surface area (Å²) in [4.78, 5) is 0. The maximum atomic E-state index is 11.6.